The van der Waals surface area contributed by atoms with Gasteiger partial charge in [0.05, 0.1) is 5.52 Å². The van der Waals surface area contributed by atoms with Gasteiger partial charge < -0.3 is 8.98 Å². The first-order valence-corrected chi connectivity index (χ1v) is 6.93. The molecule has 0 radical (unpaired) electrons. The van der Waals surface area contributed by atoms with Crippen molar-refractivity contribution in [2.75, 3.05) is 0 Å². The molecule has 0 aliphatic rings. The van der Waals surface area contributed by atoms with Gasteiger partial charge in [0.25, 0.3) is 0 Å². The van der Waals surface area contributed by atoms with E-state index in [4.69, 9.17) is 4.42 Å². The Morgan fingerprint density at radius 1 is 0.952 bits per heavy atom. The molecule has 0 N–H and O–H groups in total. The second kappa shape index (κ2) is 4.13. The minimum Gasteiger partial charge on any atom is -0.456 e. The van der Waals surface area contributed by atoms with Crippen LogP contribution in [-0.2, 0) is 7.05 Å². The van der Waals surface area contributed by atoms with Crippen LogP contribution in [0.15, 0.2) is 54.0 Å². The maximum atomic E-state index is 5.97. The van der Waals surface area contributed by atoms with Gasteiger partial charge in [-0.2, -0.15) is 0 Å². The minimum atomic E-state index is 0.913. The standard InChI is InChI=1S/C19H15NO/c1-4-12-14-10-15-13-8-6-7-9-18(13)21-19(15)11-17(14)20(3)16(12)5-2/h4-11H,1-2H2,3H3. The second-order valence-electron chi connectivity index (χ2n) is 5.23. The summed E-state index contributed by atoms with van der Waals surface area (Å²) in [7, 11) is 2.04. The lowest BCUT2D eigenvalue weighted by molar-refractivity contribution is 0.669. The summed E-state index contributed by atoms with van der Waals surface area (Å²) in [6.45, 7) is 7.86. The molecule has 2 aromatic carbocycles. The monoisotopic (exact) mass is 273 g/mol. The third kappa shape index (κ3) is 1.47. The van der Waals surface area contributed by atoms with Crippen molar-refractivity contribution in [2.24, 2.45) is 7.05 Å². The summed E-state index contributed by atoms with van der Waals surface area (Å²) in [6.07, 6.45) is 3.77. The van der Waals surface area contributed by atoms with Crippen LogP contribution in [0.4, 0.5) is 0 Å². The lowest BCUT2D eigenvalue weighted by Gasteiger charge is -1.98. The van der Waals surface area contributed by atoms with Crippen LogP contribution in [-0.4, -0.2) is 4.57 Å². The number of hydrogen-bond donors (Lipinski definition) is 0. The normalized spacial score (nSPS) is 11.5. The molecule has 2 heteroatoms. The molecule has 0 aliphatic carbocycles. The van der Waals surface area contributed by atoms with E-state index in [0.717, 1.165) is 38.7 Å². The van der Waals surface area contributed by atoms with E-state index in [1.165, 1.54) is 5.39 Å². The summed E-state index contributed by atoms with van der Waals surface area (Å²) in [6, 6.07) is 12.4. The highest BCUT2D eigenvalue weighted by atomic mass is 16.3. The number of hydrogen-bond acceptors (Lipinski definition) is 1. The predicted octanol–water partition coefficient (Wildman–Crippen LogP) is 5.36. The van der Waals surface area contributed by atoms with Crippen LogP contribution < -0.4 is 0 Å². The molecular weight excluding hydrogens is 258 g/mol. The highest BCUT2D eigenvalue weighted by Gasteiger charge is 2.14. The number of aromatic nitrogens is 1. The van der Waals surface area contributed by atoms with Gasteiger partial charge in [-0.25, -0.2) is 0 Å². The number of rotatable bonds is 2. The van der Waals surface area contributed by atoms with Gasteiger partial charge in [0, 0.05) is 40.5 Å². The summed E-state index contributed by atoms with van der Waals surface area (Å²) in [4.78, 5) is 0. The van der Waals surface area contributed by atoms with Crippen molar-refractivity contribution in [1.82, 2.24) is 4.57 Å². The summed E-state index contributed by atoms with van der Waals surface area (Å²) in [5.74, 6) is 0. The Bertz CT molecular complexity index is 1030. The van der Waals surface area contributed by atoms with Gasteiger partial charge in [-0.05, 0) is 18.2 Å². The van der Waals surface area contributed by atoms with E-state index in [2.05, 4.69) is 35.9 Å². The molecule has 102 valence electrons. The van der Waals surface area contributed by atoms with E-state index < -0.39 is 0 Å². The molecule has 4 rings (SSSR count). The van der Waals surface area contributed by atoms with Gasteiger partial charge in [0.1, 0.15) is 11.2 Å². The first kappa shape index (κ1) is 12.0. The van der Waals surface area contributed by atoms with Gasteiger partial charge in [0.2, 0.25) is 0 Å². The number of fused-ring (bicyclic) bond motifs is 4. The predicted molar refractivity (Wildman–Crippen MR) is 90.4 cm³/mol. The van der Waals surface area contributed by atoms with E-state index >= 15 is 0 Å². The number of nitrogens with zero attached hydrogens (tertiary/aromatic N) is 1. The zero-order valence-electron chi connectivity index (χ0n) is 11.9. The first-order valence-electron chi connectivity index (χ1n) is 6.93. The first-order chi connectivity index (χ1) is 10.2. The highest BCUT2D eigenvalue weighted by molar-refractivity contribution is 6.11. The van der Waals surface area contributed by atoms with Crippen LogP contribution in [0.5, 0.6) is 0 Å². The summed E-state index contributed by atoms with van der Waals surface area (Å²) in [5, 5.41) is 3.47. The van der Waals surface area contributed by atoms with E-state index in [9.17, 15) is 0 Å². The Morgan fingerprint density at radius 3 is 2.52 bits per heavy atom. The molecule has 0 bridgehead atoms. The molecule has 0 amide bonds. The molecule has 4 aromatic rings. The lowest BCUT2D eigenvalue weighted by atomic mass is 10.1. The SMILES string of the molecule is C=Cc1c(C=C)n(C)c2cc3oc4ccccc4c3cc12. The fourth-order valence-electron chi connectivity index (χ4n) is 3.16. The van der Waals surface area contributed by atoms with Crippen LogP contribution >= 0.6 is 0 Å². The van der Waals surface area contributed by atoms with Crippen molar-refractivity contribution in [2.45, 2.75) is 0 Å². The fraction of sp³-hybridized carbons (Fsp3) is 0.0526. The van der Waals surface area contributed by atoms with Crippen molar-refractivity contribution in [3.05, 3.63) is 60.8 Å². The molecular formula is C19H15NO. The van der Waals surface area contributed by atoms with Crippen LogP contribution in [0.2, 0.25) is 0 Å². The summed E-state index contributed by atoms with van der Waals surface area (Å²) >= 11 is 0. The number of aryl methyl sites for hydroxylation is 1. The zero-order chi connectivity index (χ0) is 14.6. The molecule has 2 aromatic heterocycles. The van der Waals surface area contributed by atoms with E-state index in [0.29, 0.717) is 0 Å². The minimum absolute atomic E-state index is 0.913. The third-order valence-corrected chi connectivity index (χ3v) is 4.18. The number of para-hydroxylation sites is 1. The number of benzene rings is 2. The lowest BCUT2D eigenvalue weighted by Crippen LogP contribution is -1.90. The van der Waals surface area contributed by atoms with Gasteiger partial charge in [-0.15, -0.1) is 0 Å². The number of furan rings is 1. The Kier molecular flexibility index (Phi) is 2.36. The Morgan fingerprint density at radius 2 is 1.76 bits per heavy atom. The maximum Gasteiger partial charge on any atom is 0.137 e. The van der Waals surface area contributed by atoms with Crippen molar-refractivity contribution >= 4 is 45.0 Å². The summed E-state index contributed by atoms with van der Waals surface area (Å²) < 4.78 is 8.10. The molecule has 0 atom stereocenters. The van der Waals surface area contributed by atoms with Gasteiger partial charge in [-0.1, -0.05) is 37.4 Å². The average molecular weight is 273 g/mol. The maximum absolute atomic E-state index is 5.97. The molecule has 0 aliphatic heterocycles. The van der Waals surface area contributed by atoms with Crippen LogP contribution in [0, 0.1) is 0 Å². The fourth-order valence-corrected chi connectivity index (χ4v) is 3.16. The van der Waals surface area contributed by atoms with Crippen molar-refractivity contribution in [3.63, 3.8) is 0 Å². The largest absolute Gasteiger partial charge is 0.456 e. The molecule has 21 heavy (non-hydrogen) atoms. The van der Waals surface area contributed by atoms with Crippen LogP contribution in [0.25, 0.3) is 45.0 Å². The van der Waals surface area contributed by atoms with E-state index in [1.807, 2.05) is 37.4 Å². The second-order valence-corrected chi connectivity index (χ2v) is 5.23. The highest BCUT2D eigenvalue weighted by Crippen LogP contribution is 2.35. The van der Waals surface area contributed by atoms with Crippen molar-refractivity contribution in [1.29, 1.82) is 0 Å². The zero-order valence-corrected chi connectivity index (χ0v) is 11.9. The quantitative estimate of drug-likeness (QED) is 0.480. The van der Waals surface area contributed by atoms with E-state index in [1.54, 1.807) is 0 Å². The van der Waals surface area contributed by atoms with Crippen molar-refractivity contribution < 1.29 is 4.42 Å². The Labute approximate surface area is 122 Å². The Balaban J connectivity index is 2.25. The van der Waals surface area contributed by atoms with Gasteiger partial charge >= 0.3 is 0 Å². The van der Waals surface area contributed by atoms with Gasteiger partial charge in [0.15, 0.2) is 0 Å². The molecule has 2 heterocycles. The van der Waals surface area contributed by atoms with E-state index in [-0.39, 0.29) is 0 Å². The van der Waals surface area contributed by atoms with Gasteiger partial charge in [-0.3, -0.25) is 0 Å². The summed E-state index contributed by atoms with van der Waals surface area (Å²) in [5.41, 5.74) is 5.17. The Hall–Kier alpha value is -2.74. The smallest absolute Gasteiger partial charge is 0.137 e. The van der Waals surface area contributed by atoms with Crippen LogP contribution in [0.1, 0.15) is 11.3 Å². The molecule has 2 nitrogen and oxygen atoms in total. The molecule has 0 spiro atoms. The molecule has 0 unspecified atom stereocenters. The van der Waals surface area contributed by atoms with Crippen molar-refractivity contribution in [3.8, 4) is 0 Å². The molecule has 0 fully saturated rings. The van der Waals surface area contributed by atoms with Crippen LogP contribution in [0.3, 0.4) is 0 Å². The molecule has 0 saturated carbocycles. The average Bonchev–Trinajstić information content (AvgIpc) is 3.00. The third-order valence-electron chi connectivity index (χ3n) is 4.18. The molecule has 0 saturated heterocycles. The topological polar surface area (TPSA) is 18.1 Å².